The first-order valence-electron chi connectivity index (χ1n) is 6.12. The average molecular weight is 400 g/mol. The summed E-state index contributed by atoms with van der Waals surface area (Å²) in [6.07, 6.45) is 0. The summed E-state index contributed by atoms with van der Waals surface area (Å²) in [6, 6.07) is 8.47. The van der Waals surface area contributed by atoms with Crippen LogP contribution in [0.25, 0.3) is 11.4 Å². The molecule has 0 spiro atoms. The number of halogens is 1. The lowest BCUT2D eigenvalue weighted by atomic mass is 10.3. The van der Waals surface area contributed by atoms with Gasteiger partial charge in [-0.2, -0.15) is 4.98 Å². The van der Waals surface area contributed by atoms with Gasteiger partial charge >= 0.3 is 0 Å². The van der Waals surface area contributed by atoms with Crippen LogP contribution in [0.2, 0.25) is 0 Å². The van der Waals surface area contributed by atoms with Gasteiger partial charge in [0, 0.05) is 28.0 Å². The van der Waals surface area contributed by atoms with Gasteiger partial charge in [0.25, 0.3) is 10.0 Å². The second-order valence-electron chi connectivity index (χ2n) is 4.41. The zero-order chi connectivity index (χ0) is 15.7. The number of thiophene rings is 1. The first-order valence-corrected chi connectivity index (χ1v) is 9.27. The third-order valence-corrected chi connectivity index (χ3v) is 6.02. The van der Waals surface area contributed by atoms with Crippen molar-refractivity contribution in [1.29, 1.82) is 0 Å². The highest BCUT2D eigenvalue weighted by Crippen LogP contribution is 2.28. The Kier molecular flexibility index (Phi) is 4.02. The Hall–Kier alpha value is -1.71. The first kappa shape index (κ1) is 15.2. The summed E-state index contributed by atoms with van der Waals surface area (Å²) < 4.78 is 33.2. The highest BCUT2D eigenvalue weighted by molar-refractivity contribution is 9.10. The minimum atomic E-state index is -3.65. The van der Waals surface area contributed by atoms with Gasteiger partial charge in [-0.25, -0.2) is 8.42 Å². The van der Waals surface area contributed by atoms with Crippen LogP contribution < -0.4 is 4.72 Å². The number of sulfonamides is 1. The summed E-state index contributed by atoms with van der Waals surface area (Å²) in [4.78, 5) is 4.08. The molecule has 3 rings (SSSR count). The summed E-state index contributed by atoms with van der Waals surface area (Å²) in [5.41, 5.74) is 1.09. The number of nitrogens with zero attached hydrogens (tertiary/aromatic N) is 2. The van der Waals surface area contributed by atoms with Crippen molar-refractivity contribution in [3.63, 3.8) is 0 Å². The van der Waals surface area contributed by atoms with E-state index in [-0.39, 0.29) is 4.21 Å². The van der Waals surface area contributed by atoms with Crippen molar-refractivity contribution in [3.05, 3.63) is 46.1 Å². The Morgan fingerprint density at radius 3 is 2.82 bits per heavy atom. The third-order valence-electron chi connectivity index (χ3n) is 2.70. The molecule has 9 heteroatoms. The summed E-state index contributed by atoms with van der Waals surface area (Å²) in [7, 11) is -3.65. The van der Waals surface area contributed by atoms with Crippen LogP contribution in [0.4, 0.5) is 5.69 Å². The Bertz CT molecular complexity index is 918. The summed E-state index contributed by atoms with van der Waals surface area (Å²) in [5, 5.41) is 5.46. The van der Waals surface area contributed by atoms with E-state index in [1.54, 1.807) is 30.5 Å². The van der Waals surface area contributed by atoms with Crippen LogP contribution in [-0.4, -0.2) is 18.6 Å². The molecule has 0 bridgehead atoms. The van der Waals surface area contributed by atoms with Crippen LogP contribution in [0.5, 0.6) is 0 Å². The largest absolute Gasteiger partial charge is 0.339 e. The van der Waals surface area contributed by atoms with Crippen molar-refractivity contribution in [2.75, 3.05) is 4.72 Å². The van der Waals surface area contributed by atoms with Crippen LogP contribution in [0.15, 0.2) is 48.9 Å². The van der Waals surface area contributed by atoms with E-state index in [1.165, 1.54) is 6.07 Å². The second kappa shape index (κ2) is 5.82. The topological polar surface area (TPSA) is 85.1 Å². The Labute approximate surface area is 139 Å². The minimum Gasteiger partial charge on any atom is -0.339 e. The number of nitrogens with one attached hydrogen (secondary N) is 1. The fourth-order valence-electron chi connectivity index (χ4n) is 1.75. The molecule has 1 N–H and O–H groups in total. The molecule has 2 aromatic heterocycles. The standard InChI is InChI=1S/C13H10BrN3O3S2/c1-8-15-13(16-20-8)9-5-12(21-7-9)22(18,19)17-11-4-2-3-10(14)6-11/h2-7,17H,1H3. The van der Waals surface area contributed by atoms with E-state index in [0.29, 0.717) is 23.0 Å². The highest BCUT2D eigenvalue weighted by Gasteiger charge is 2.19. The van der Waals surface area contributed by atoms with Crippen LogP contribution in [0, 0.1) is 6.92 Å². The number of hydrogen-bond acceptors (Lipinski definition) is 6. The normalized spacial score (nSPS) is 11.5. The van der Waals surface area contributed by atoms with Crippen molar-refractivity contribution in [3.8, 4) is 11.4 Å². The number of hydrogen-bond donors (Lipinski definition) is 1. The van der Waals surface area contributed by atoms with Gasteiger partial charge in [0.2, 0.25) is 11.7 Å². The zero-order valence-corrected chi connectivity index (χ0v) is 14.5. The van der Waals surface area contributed by atoms with E-state index in [9.17, 15) is 8.42 Å². The lowest BCUT2D eigenvalue weighted by molar-refractivity contribution is 0.394. The van der Waals surface area contributed by atoms with E-state index in [4.69, 9.17) is 4.52 Å². The second-order valence-corrected chi connectivity index (χ2v) is 8.14. The van der Waals surface area contributed by atoms with E-state index in [2.05, 4.69) is 30.8 Å². The molecule has 3 aromatic rings. The van der Waals surface area contributed by atoms with Crippen molar-refractivity contribution in [2.24, 2.45) is 0 Å². The number of aromatic nitrogens is 2. The predicted octanol–water partition coefficient (Wildman–Crippen LogP) is 3.67. The summed E-state index contributed by atoms with van der Waals surface area (Å²) in [5.74, 6) is 0.801. The molecule has 0 radical (unpaired) electrons. The molecule has 0 saturated carbocycles. The summed E-state index contributed by atoms with van der Waals surface area (Å²) >= 11 is 4.40. The fraction of sp³-hybridized carbons (Fsp3) is 0.0769. The molecule has 0 aliphatic rings. The highest BCUT2D eigenvalue weighted by atomic mass is 79.9. The molecular weight excluding hydrogens is 390 g/mol. The summed E-state index contributed by atoms with van der Waals surface area (Å²) in [6.45, 7) is 1.68. The molecule has 6 nitrogen and oxygen atoms in total. The number of aryl methyl sites for hydroxylation is 1. The van der Waals surface area contributed by atoms with Crippen molar-refractivity contribution in [1.82, 2.24) is 10.1 Å². The van der Waals surface area contributed by atoms with Gasteiger partial charge in [0.15, 0.2) is 0 Å². The number of benzene rings is 1. The predicted molar refractivity (Wildman–Crippen MR) is 87.3 cm³/mol. The maximum atomic E-state index is 12.4. The molecule has 22 heavy (non-hydrogen) atoms. The molecule has 0 aliphatic heterocycles. The third kappa shape index (κ3) is 3.21. The first-order chi connectivity index (χ1) is 10.4. The average Bonchev–Trinajstić information content (AvgIpc) is 3.06. The van der Waals surface area contributed by atoms with Gasteiger partial charge in [-0.05, 0) is 24.3 Å². The Balaban J connectivity index is 1.88. The van der Waals surface area contributed by atoms with Gasteiger partial charge in [0.05, 0.1) is 0 Å². The molecule has 0 saturated heterocycles. The Morgan fingerprint density at radius 2 is 2.14 bits per heavy atom. The molecular formula is C13H10BrN3O3S2. The molecule has 0 atom stereocenters. The van der Waals surface area contributed by atoms with E-state index in [1.807, 2.05) is 6.07 Å². The van der Waals surface area contributed by atoms with Gasteiger partial charge in [-0.15, -0.1) is 11.3 Å². The lowest BCUT2D eigenvalue weighted by Crippen LogP contribution is -2.11. The maximum Gasteiger partial charge on any atom is 0.271 e. The quantitative estimate of drug-likeness (QED) is 0.722. The van der Waals surface area contributed by atoms with Crippen molar-refractivity contribution in [2.45, 2.75) is 11.1 Å². The molecule has 114 valence electrons. The van der Waals surface area contributed by atoms with Crippen LogP contribution in [-0.2, 0) is 10.0 Å². The van der Waals surface area contributed by atoms with Crippen molar-refractivity contribution >= 4 is 43.0 Å². The monoisotopic (exact) mass is 399 g/mol. The van der Waals surface area contributed by atoms with Crippen LogP contribution in [0.1, 0.15) is 5.89 Å². The lowest BCUT2D eigenvalue weighted by Gasteiger charge is -2.06. The van der Waals surface area contributed by atoms with Crippen molar-refractivity contribution < 1.29 is 12.9 Å². The molecule has 2 heterocycles. The molecule has 0 fully saturated rings. The minimum absolute atomic E-state index is 0.185. The molecule has 0 aliphatic carbocycles. The van der Waals surface area contributed by atoms with Crippen LogP contribution in [0.3, 0.4) is 0 Å². The van der Waals surface area contributed by atoms with Gasteiger partial charge in [0.1, 0.15) is 4.21 Å². The van der Waals surface area contributed by atoms with Crippen LogP contribution >= 0.6 is 27.3 Å². The number of rotatable bonds is 4. The molecule has 0 amide bonds. The Morgan fingerprint density at radius 1 is 1.32 bits per heavy atom. The zero-order valence-electron chi connectivity index (χ0n) is 11.3. The van der Waals surface area contributed by atoms with E-state index in [0.717, 1.165) is 15.8 Å². The fourth-order valence-corrected chi connectivity index (χ4v) is 4.36. The SMILES string of the molecule is Cc1nc(-c2csc(S(=O)(=O)Nc3cccc(Br)c3)c2)no1. The number of anilines is 1. The van der Waals surface area contributed by atoms with Gasteiger partial charge in [-0.1, -0.05) is 27.2 Å². The molecule has 1 aromatic carbocycles. The maximum absolute atomic E-state index is 12.4. The van der Waals surface area contributed by atoms with Gasteiger partial charge < -0.3 is 4.52 Å². The molecule has 0 unspecified atom stereocenters. The van der Waals surface area contributed by atoms with E-state index < -0.39 is 10.0 Å². The smallest absolute Gasteiger partial charge is 0.271 e. The van der Waals surface area contributed by atoms with Gasteiger partial charge in [-0.3, -0.25) is 4.72 Å². The van der Waals surface area contributed by atoms with E-state index >= 15 is 0 Å².